The van der Waals surface area contributed by atoms with Crippen molar-refractivity contribution in [3.05, 3.63) is 65.5 Å². The largest absolute Gasteiger partial charge is 0.375 e. The zero-order chi connectivity index (χ0) is 17.2. The van der Waals surface area contributed by atoms with Crippen molar-refractivity contribution < 1.29 is 4.74 Å². The van der Waals surface area contributed by atoms with Gasteiger partial charge in [0.2, 0.25) is 0 Å². The molecule has 126 valence electrons. The molecule has 1 aromatic heterocycles. The van der Waals surface area contributed by atoms with Gasteiger partial charge in [-0.25, -0.2) is 0 Å². The van der Waals surface area contributed by atoms with Crippen molar-refractivity contribution in [3.63, 3.8) is 0 Å². The molecule has 0 aliphatic carbocycles. The molecule has 7 heteroatoms. The van der Waals surface area contributed by atoms with E-state index in [2.05, 4.69) is 27.4 Å². The summed E-state index contributed by atoms with van der Waals surface area (Å²) in [5.74, 6) is -0.0573. The first-order chi connectivity index (χ1) is 11.6. The third-order valence-electron chi connectivity index (χ3n) is 3.12. The fourth-order valence-electron chi connectivity index (χ4n) is 2.12. The molecule has 1 aromatic carbocycles. The first-order valence-electron chi connectivity index (χ1n) is 7.56. The van der Waals surface area contributed by atoms with Crippen LogP contribution in [0.15, 0.2) is 53.7 Å². The van der Waals surface area contributed by atoms with E-state index in [1.54, 1.807) is 0 Å². The van der Waals surface area contributed by atoms with E-state index < -0.39 is 0 Å². The van der Waals surface area contributed by atoms with Gasteiger partial charge in [0.15, 0.2) is 11.1 Å². The van der Waals surface area contributed by atoms with E-state index in [-0.39, 0.29) is 11.1 Å². The molecule has 0 radical (unpaired) electrons. The Morgan fingerprint density at radius 3 is 2.75 bits per heavy atom. The van der Waals surface area contributed by atoms with Gasteiger partial charge < -0.3 is 21.5 Å². The van der Waals surface area contributed by atoms with Crippen molar-refractivity contribution >= 4 is 23.3 Å². The highest BCUT2D eigenvalue weighted by atomic mass is 32.1. The molecule has 0 bridgehead atoms. The predicted molar refractivity (Wildman–Crippen MR) is 99.6 cm³/mol. The Bertz CT molecular complexity index is 686. The van der Waals surface area contributed by atoms with Gasteiger partial charge in [-0.15, -0.1) is 0 Å². The van der Waals surface area contributed by atoms with Crippen LogP contribution in [0, 0.1) is 0 Å². The van der Waals surface area contributed by atoms with Crippen LogP contribution in [0.25, 0.3) is 0 Å². The van der Waals surface area contributed by atoms with Crippen molar-refractivity contribution in [3.8, 4) is 0 Å². The van der Waals surface area contributed by atoms with Gasteiger partial charge in [0.05, 0.1) is 13.2 Å². The molecule has 0 unspecified atom stereocenters. The maximum absolute atomic E-state index is 5.63. The van der Waals surface area contributed by atoms with Gasteiger partial charge in [-0.3, -0.25) is 4.98 Å². The van der Waals surface area contributed by atoms with Crippen molar-refractivity contribution in [1.29, 1.82) is 0 Å². The van der Waals surface area contributed by atoms with Crippen LogP contribution >= 0.6 is 12.2 Å². The number of rotatable bonds is 7. The molecular weight excluding hydrogens is 322 g/mol. The molecule has 2 rings (SSSR count). The van der Waals surface area contributed by atoms with Gasteiger partial charge in [-0.2, -0.15) is 4.99 Å². The Kier molecular flexibility index (Phi) is 7.13. The monoisotopic (exact) mass is 343 g/mol. The smallest absolute Gasteiger partial charge is 0.196 e. The Balaban J connectivity index is 1.74. The van der Waals surface area contributed by atoms with Crippen LogP contribution in [0.3, 0.4) is 0 Å². The lowest BCUT2D eigenvalue weighted by Crippen LogP contribution is -2.30. The molecule has 2 aromatic rings. The molecule has 6 nitrogen and oxygen atoms in total. The average Bonchev–Trinajstić information content (AvgIpc) is 2.55. The van der Waals surface area contributed by atoms with Gasteiger partial charge >= 0.3 is 0 Å². The molecule has 0 amide bonds. The minimum atomic E-state index is -0.0573. The number of nitrogens with zero attached hydrogens (tertiary/aromatic N) is 2. The Morgan fingerprint density at radius 2 is 2.00 bits per heavy atom. The van der Waals surface area contributed by atoms with E-state index in [1.807, 2.05) is 36.5 Å². The van der Waals surface area contributed by atoms with Crippen molar-refractivity contribution in [1.82, 2.24) is 10.3 Å². The minimum Gasteiger partial charge on any atom is -0.375 e. The van der Waals surface area contributed by atoms with Crippen LogP contribution in [0.5, 0.6) is 0 Å². The number of thiocarbonyl (C=S) groups is 1. The molecule has 24 heavy (non-hydrogen) atoms. The van der Waals surface area contributed by atoms with Crippen LogP contribution in [0.1, 0.15) is 16.8 Å². The summed E-state index contributed by atoms with van der Waals surface area (Å²) in [6.07, 6.45) is 2.62. The van der Waals surface area contributed by atoms with Gasteiger partial charge in [0, 0.05) is 24.9 Å². The number of nitrogens with one attached hydrogen (secondary N) is 1. The topological polar surface area (TPSA) is 98.6 Å². The van der Waals surface area contributed by atoms with E-state index in [4.69, 9.17) is 28.4 Å². The molecule has 1 heterocycles. The van der Waals surface area contributed by atoms with E-state index in [1.165, 1.54) is 5.56 Å². The summed E-state index contributed by atoms with van der Waals surface area (Å²) >= 11 is 4.93. The highest BCUT2D eigenvalue weighted by Gasteiger charge is 2.00. The Hall–Kier alpha value is -2.51. The average molecular weight is 343 g/mol. The second-order valence-electron chi connectivity index (χ2n) is 5.14. The molecule has 0 saturated carbocycles. The Morgan fingerprint density at radius 1 is 1.17 bits per heavy atom. The molecule has 0 aliphatic heterocycles. The quantitative estimate of drug-likeness (QED) is 0.304. The normalized spacial score (nSPS) is 10.2. The number of pyridine rings is 1. The number of hydrogen-bond acceptors (Lipinski definition) is 3. The molecule has 0 atom stereocenters. The van der Waals surface area contributed by atoms with Crippen LogP contribution in [-0.4, -0.2) is 29.2 Å². The van der Waals surface area contributed by atoms with Crippen LogP contribution in [0.2, 0.25) is 0 Å². The third kappa shape index (κ3) is 6.72. The minimum absolute atomic E-state index is 0.0573. The first kappa shape index (κ1) is 17.8. The highest BCUT2D eigenvalue weighted by molar-refractivity contribution is 7.80. The number of aliphatic imine (C=N–C) groups is 1. The Labute approximate surface area is 146 Å². The van der Waals surface area contributed by atoms with Crippen LogP contribution in [0.4, 0.5) is 0 Å². The van der Waals surface area contributed by atoms with Gasteiger partial charge in [-0.1, -0.05) is 30.3 Å². The van der Waals surface area contributed by atoms with Crippen molar-refractivity contribution in [2.75, 3.05) is 13.2 Å². The number of ether oxygens (including phenoxy) is 1. The van der Waals surface area contributed by atoms with E-state index in [0.29, 0.717) is 19.8 Å². The van der Waals surface area contributed by atoms with Crippen LogP contribution < -0.4 is 16.8 Å². The summed E-state index contributed by atoms with van der Waals surface area (Å²) in [6.45, 7) is 1.58. The van der Waals surface area contributed by atoms with Crippen molar-refractivity contribution in [2.45, 2.75) is 13.0 Å². The fourth-order valence-corrected chi connectivity index (χ4v) is 2.33. The van der Waals surface area contributed by atoms with Gasteiger partial charge in [-0.05, 0) is 35.5 Å². The van der Waals surface area contributed by atoms with Crippen LogP contribution in [-0.2, 0) is 17.8 Å². The van der Waals surface area contributed by atoms with E-state index in [0.717, 1.165) is 17.7 Å². The summed E-state index contributed by atoms with van der Waals surface area (Å²) in [5, 5.41) is 3.16. The molecule has 5 N–H and O–H groups in total. The summed E-state index contributed by atoms with van der Waals surface area (Å²) in [4.78, 5) is 8.06. The van der Waals surface area contributed by atoms with Gasteiger partial charge in [0.25, 0.3) is 0 Å². The lowest BCUT2D eigenvalue weighted by Gasteiger charge is -2.08. The number of nitrogens with two attached hydrogens (primary N) is 2. The second-order valence-corrected chi connectivity index (χ2v) is 5.53. The fraction of sp³-hybridized carbons (Fsp3) is 0.235. The molecule has 0 saturated heterocycles. The predicted octanol–water partition coefficient (Wildman–Crippen LogP) is 1.34. The number of benzene rings is 1. The lowest BCUT2D eigenvalue weighted by molar-refractivity contribution is 0.125. The second kappa shape index (κ2) is 9.59. The molecule has 0 spiro atoms. The summed E-state index contributed by atoms with van der Waals surface area (Å²) in [5.41, 5.74) is 13.8. The van der Waals surface area contributed by atoms with Crippen molar-refractivity contribution in [2.24, 2.45) is 16.5 Å². The lowest BCUT2D eigenvalue weighted by atomic mass is 10.1. The standard InChI is InChI=1S/C17H21N5OS/c18-16(19)22-17(24)21-8-9-23-12-14-5-3-4-13(10-14)11-15-6-1-2-7-20-15/h1-7,10H,8-9,11-12H2,(H5,18,19,21,22,24). The third-order valence-corrected chi connectivity index (χ3v) is 3.36. The zero-order valence-corrected chi connectivity index (χ0v) is 14.1. The molecule has 0 fully saturated rings. The first-order valence-corrected chi connectivity index (χ1v) is 7.97. The summed E-state index contributed by atoms with van der Waals surface area (Å²) in [7, 11) is 0. The number of hydrogen-bond donors (Lipinski definition) is 3. The van der Waals surface area contributed by atoms with Gasteiger partial charge in [0.1, 0.15) is 0 Å². The van der Waals surface area contributed by atoms with E-state index >= 15 is 0 Å². The zero-order valence-electron chi connectivity index (χ0n) is 13.3. The maximum Gasteiger partial charge on any atom is 0.196 e. The number of guanidine groups is 1. The SMILES string of the molecule is NC(N)=NC(=S)NCCOCc1cccc(Cc2ccccn2)c1. The summed E-state index contributed by atoms with van der Waals surface area (Å²) in [6, 6.07) is 14.2. The maximum atomic E-state index is 5.63. The molecule has 0 aliphatic rings. The molecular formula is C17H21N5OS. The number of aromatic nitrogens is 1. The van der Waals surface area contributed by atoms with E-state index in [9.17, 15) is 0 Å². The highest BCUT2D eigenvalue weighted by Crippen LogP contribution is 2.10. The summed E-state index contributed by atoms with van der Waals surface area (Å²) < 4.78 is 5.63.